The van der Waals surface area contributed by atoms with Gasteiger partial charge < -0.3 is 28.4 Å². The van der Waals surface area contributed by atoms with Gasteiger partial charge in [0.15, 0.2) is 17.9 Å². The molecule has 0 spiro atoms. The van der Waals surface area contributed by atoms with E-state index in [0.717, 1.165) is 0 Å². The van der Waals surface area contributed by atoms with E-state index < -0.39 is 17.9 Å². The quantitative estimate of drug-likeness (QED) is 0.792. The number of ether oxygens (including phenoxy) is 6. The Morgan fingerprint density at radius 2 is 1.57 bits per heavy atom. The minimum Gasteiger partial charge on any atom is -0.348 e. The van der Waals surface area contributed by atoms with Gasteiger partial charge in [-0.3, -0.25) is 0 Å². The minimum absolute atomic E-state index is 0.0545. The first kappa shape index (κ1) is 15.6. The van der Waals surface area contributed by atoms with Crippen molar-refractivity contribution in [3.8, 4) is 0 Å². The van der Waals surface area contributed by atoms with E-state index >= 15 is 0 Å². The highest BCUT2D eigenvalue weighted by atomic mass is 16.8. The molecule has 0 amide bonds. The lowest BCUT2D eigenvalue weighted by atomic mass is 10.1. The van der Waals surface area contributed by atoms with Crippen LogP contribution in [-0.2, 0) is 28.4 Å². The van der Waals surface area contributed by atoms with E-state index in [0.29, 0.717) is 6.61 Å². The van der Waals surface area contributed by atoms with Crippen LogP contribution in [0.15, 0.2) is 0 Å². The number of rotatable bonds is 3. The average Bonchev–Trinajstić information content (AvgIpc) is 2.91. The maximum Gasteiger partial charge on any atom is 0.187 e. The summed E-state index contributed by atoms with van der Waals surface area (Å²) in [4.78, 5) is 0. The first-order valence-corrected chi connectivity index (χ1v) is 7.65. The molecule has 3 heterocycles. The van der Waals surface area contributed by atoms with Crippen LogP contribution in [0, 0.1) is 0 Å². The van der Waals surface area contributed by atoms with E-state index in [2.05, 4.69) is 0 Å². The Morgan fingerprint density at radius 1 is 0.905 bits per heavy atom. The van der Waals surface area contributed by atoms with Gasteiger partial charge in [-0.15, -0.1) is 0 Å². The second-order valence-corrected chi connectivity index (χ2v) is 7.09. The molecule has 3 saturated heterocycles. The van der Waals surface area contributed by atoms with Gasteiger partial charge in [0, 0.05) is 0 Å². The Hall–Kier alpha value is -0.240. The first-order valence-electron chi connectivity index (χ1n) is 7.65. The van der Waals surface area contributed by atoms with Crippen molar-refractivity contribution in [2.24, 2.45) is 0 Å². The normalized spacial score (nSPS) is 44.4. The molecule has 0 aromatic rings. The monoisotopic (exact) mass is 302 g/mol. The molecule has 3 fully saturated rings. The molecule has 0 unspecified atom stereocenters. The predicted molar refractivity (Wildman–Crippen MR) is 73.6 cm³/mol. The summed E-state index contributed by atoms with van der Waals surface area (Å²) in [5, 5.41) is 0. The Morgan fingerprint density at radius 3 is 2.14 bits per heavy atom. The molecule has 3 aliphatic heterocycles. The SMILES string of the molecule is CC(C)O[C@@H]1O[C@H]([C@@H]2COC(C)(C)O2)[C@@H]2OC(C)(C)O[C@H]12. The fourth-order valence-electron chi connectivity index (χ4n) is 3.15. The molecule has 5 atom stereocenters. The topological polar surface area (TPSA) is 55.4 Å². The van der Waals surface area contributed by atoms with Crippen LogP contribution in [0.5, 0.6) is 0 Å². The van der Waals surface area contributed by atoms with Crippen molar-refractivity contribution in [3.63, 3.8) is 0 Å². The summed E-state index contributed by atoms with van der Waals surface area (Å²) in [6.07, 6.45) is -1.24. The van der Waals surface area contributed by atoms with Gasteiger partial charge in [-0.05, 0) is 41.5 Å². The molecule has 6 heteroatoms. The van der Waals surface area contributed by atoms with E-state index in [1.54, 1.807) is 0 Å². The highest BCUT2D eigenvalue weighted by Gasteiger charge is 2.59. The van der Waals surface area contributed by atoms with Crippen LogP contribution in [-0.4, -0.2) is 55.0 Å². The van der Waals surface area contributed by atoms with Gasteiger partial charge in [0.1, 0.15) is 24.4 Å². The molecule has 0 aromatic heterocycles. The van der Waals surface area contributed by atoms with Gasteiger partial charge in [0.2, 0.25) is 0 Å². The largest absolute Gasteiger partial charge is 0.348 e. The summed E-state index contributed by atoms with van der Waals surface area (Å²) in [6, 6.07) is 0. The number of fused-ring (bicyclic) bond motifs is 1. The Bertz CT molecular complexity index is 394. The third-order valence-corrected chi connectivity index (χ3v) is 3.85. The molecule has 0 saturated carbocycles. The van der Waals surface area contributed by atoms with Crippen LogP contribution in [0.3, 0.4) is 0 Å². The molecule has 0 radical (unpaired) electrons. The van der Waals surface area contributed by atoms with Crippen LogP contribution in [0.4, 0.5) is 0 Å². The summed E-state index contributed by atoms with van der Waals surface area (Å²) >= 11 is 0. The zero-order valence-corrected chi connectivity index (χ0v) is 13.6. The van der Waals surface area contributed by atoms with Gasteiger partial charge in [0.25, 0.3) is 0 Å². The van der Waals surface area contributed by atoms with Crippen LogP contribution < -0.4 is 0 Å². The predicted octanol–water partition coefficient (Wildman–Crippen LogP) is 1.81. The lowest BCUT2D eigenvalue weighted by molar-refractivity contribution is -0.254. The van der Waals surface area contributed by atoms with Crippen LogP contribution in [0.1, 0.15) is 41.5 Å². The molecule has 0 aromatic carbocycles. The summed E-state index contributed by atoms with van der Waals surface area (Å²) < 4.78 is 35.4. The Labute approximate surface area is 126 Å². The lowest BCUT2D eigenvalue weighted by Gasteiger charge is -2.27. The van der Waals surface area contributed by atoms with E-state index in [4.69, 9.17) is 28.4 Å². The van der Waals surface area contributed by atoms with E-state index in [1.807, 2.05) is 41.5 Å². The summed E-state index contributed by atoms with van der Waals surface area (Å²) in [5.74, 6) is -1.22. The summed E-state index contributed by atoms with van der Waals surface area (Å²) in [7, 11) is 0. The van der Waals surface area contributed by atoms with Crippen molar-refractivity contribution in [3.05, 3.63) is 0 Å². The van der Waals surface area contributed by atoms with Crippen LogP contribution in [0.25, 0.3) is 0 Å². The molecule has 122 valence electrons. The zero-order valence-electron chi connectivity index (χ0n) is 13.6. The third-order valence-electron chi connectivity index (χ3n) is 3.85. The molecular weight excluding hydrogens is 276 g/mol. The molecule has 0 N–H and O–H groups in total. The van der Waals surface area contributed by atoms with Crippen molar-refractivity contribution in [1.29, 1.82) is 0 Å². The molecular formula is C15H26O6. The van der Waals surface area contributed by atoms with Gasteiger partial charge in [-0.1, -0.05) is 0 Å². The number of hydrogen-bond donors (Lipinski definition) is 0. The van der Waals surface area contributed by atoms with E-state index in [1.165, 1.54) is 0 Å². The van der Waals surface area contributed by atoms with Crippen molar-refractivity contribution in [1.82, 2.24) is 0 Å². The maximum atomic E-state index is 6.03. The second-order valence-electron chi connectivity index (χ2n) is 7.09. The molecule has 21 heavy (non-hydrogen) atoms. The lowest BCUT2D eigenvalue weighted by Crippen LogP contribution is -2.40. The van der Waals surface area contributed by atoms with Crippen molar-refractivity contribution >= 4 is 0 Å². The average molecular weight is 302 g/mol. The van der Waals surface area contributed by atoms with Gasteiger partial charge in [0.05, 0.1) is 12.7 Å². The highest BCUT2D eigenvalue weighted by molar-refractivity contribution is 4.99. The van der Waals surface area contributed by atoms with Gasteiger partial charge >= 0.3 is 0 Å². The third kappa shape index (κ3) is 3.11. The standard InChI is InChI=1S/C15H26O6/c1-8(2)17-13-12-11(20-15(5,6)21-12)10(18-13)9-7-16-14(3,4)19-9/h8-13H,7H2,1-6H3/t9-,10+,11-,12-,13+/m0/s1. The summed E-state index contributed by atoms with van der Waals surface area (Å²) in [5.41, 5.74) is 0. The van der Waals surface area contributed by atoms with Crippen molar-refractivity contribution in [2.45, 2.75) is 89.9 Å². The Kier molecular flexibility index (Phi) is 3.83. The maximum absolute atomic E-state index is 6.03. The fourth-order valence-corrected chi connectivity index (χ4v) is 3.15. The molecule has 0 bridgehead atoms. The smallest absolute Gasteiger partial charge is 0.187 e. The summed E-state index contributed by atoms with van der Waals surface area (Å²) in [6.45, 7) is 12.1. The Balaban J connectivity index is 1.75. The zero-order chi connectivity index (χ0) is 15.4. The van der Waals surface area contributed by atoms with Crippen molar-refractivity contribution < 1.29 is 28.4 Å². The molecule has 0 aliphatic carbocycles. The van der Waals surface area contributed by atoms with Gasteiger partial charge in [-0.25, -0.2) is 0 Å². The van der Waals surface area contributed by atoms with Crippen molar-refractivity contribution in [2.75, 3.05) is 6.61 Å². The molecule has 3 rings (SSSR count). The van der Waals surface area contributed by atoms with Crippen LogP contribution >= 0.6 is 0 Å². The molecule has 6 nitrogen and oxygen atoms in total. The minimum atomic E-state index is -0.634. The second kappa shape index (κ2) is 5.15. The molecule has 3 aliphatic rings. The highest BCUT2D eigenvalue weighted by Crippen LogP contribution is 2.42. The number of hydrogen-bond acceptors (Lipinski definition) is 6. The van der Waals surface area contributed by atoms with Gasteiger partial charge in [-0.2, -0.15) is 0 Å². The van der Waals surface area contributed by atoms with E-state index in [9.17, 15) is 0 Å². The fraction of sp³-hybridized carbons (Fsp3) is 1.00. The van der Waals surface area contributed by atoms with E-state index in [-0.39, 0.29) is 30.5 Å². The first-order chi connectivity index (χ1) is 9.67. The van der Waals surface area contributed by atoms with Crippen LogP contribution in [0.2, 0.25) is 0 Å².